The van der Waals surface area contributed by atoms with Crippen LogP contribution in [0.15, 0.2) is 60.8 Å². The summed E-state index contributed by atoms with van der Waals surface area (Å²) in [6.07, 6.45) is 1.88. The number of nitrogens with zero attached hydrogens (tertiary/aromatic N) is 3. The van der Waals surface area contributed by atoms with Gasteiger partial charge in [0.1, 0.15) is 29.6 Å². The minimum absolute atomic E-state index is 0.0540. The van der Waals surface area contributed by atoms with Crippen molar-refractivity contribution in [3.05, 3.63) is 82.0 Å². The van der Waals surface area contributed by atoms with Crippen LogP contribution in [0.4, 0.5) is 22.0 Å². The third-order valence-corrected chi connectivity index (χ3v) is 5.18. The van der Waals surface area contributed by atoms with Crippen molar-refractivity contribution in [3.8, 4) is 11.5 Å². The highest BCUT2D eigenvalue weighted by molar-refractivity contribution is 5.93. The average molecular weight is 462 g/mol. The highest BCUT2D eigenvalue weighted by Crippen LogP contribution is 2.43. The van der Waals surface area contributed by atoms with Gasteiger partial charge in [-0.1, -0.05) is 30.3 Å². The van der Waals surface area contributed by atoms with Gasteiger partial charge in [-0.25, -0.2) is 9.78 Å². The van der Waals surface area contributed by atoms with E-state index in [9.17, 15) is 19.7 Å². The summed E-state index contributed by atoms with van der Waals surface area (Å²) in [6.45, 7) is 1.71. The van der Waals surface area contributed by atoms with Crippen molar-refractivity contribution in [1.82, 2.24) is 4.98 Å². The van der Waals surface area contributed by atoms with Gasteiger partial charge >= 0.3 is 6.09 Å². The van der Waals surface area contributed by atoms with Crippen LogP contribution < -0.4 is 15.0 Å². The fourth-order valence-corrected chi connectivity index (χ4v) is 3.75. The molecule has 2 amide bonds. The molecule has 0 spiro atoms. The summed E-state index contributed by atoms with van der Waals surface area (Å²) in [6, 6.07) is 15.2. The molecule has 0 saturated heterocycles. The Labute approximate surface area is 195 Å². The number of fused-ring (bicyclic) bond motifs is 1. The standard InChI is InChI=1S/C24H22N4O6/c1-16(29)26-22-14-18(11-12-25-22)34-21-10-9-20(28(31)32)23-19(21)8-5-13-27(23)24(30)33-15-17-6-3-2-4-7-17/h2-4,6-7,9-12,14H,5,8,13,15H2,1H3,(H,25,26,29). The van der Waals surface area contributed by atoms with Crippen molar-refractivity contribution in [2.24, 2.45) is 0 Å². The molecule has 0 atom stereocenters. The SMILES string of the molecule is CC(=O)Nc1cc(Oc2ccc([N+](=O)[O-])c3c2CCCN3C(=O)OCc2ccccc2)ccn1. The Balaban J connectivity index is 1.64. The Morgan fingerprint density at radius 1 is 1.18 bits per heavy atom. The maximum absolute atomic E-state index is 12.9. The quantitative estimate of drug-likeness (QED) is 0.411. The van der Waals surface area contributed by atoms with Crippen molar-refractivity contribution in [2.75, 3.05) is 16.8 Å². The lowest BCUT2D eigenvalue weighted by atomic mass is 9.99. The van der Waals surface area contributed by atoms with Crippen molar-refractivity contribution in [2.45, 2.75) is 26.4 Å². The van der Waals surface area contributed by atoms with Crippen molar-refractivity contribution >= 4 is 29.2 Å². The third kappa shape index (κ3) is 5.12. The second-order valence-electron chi connectivity index (χ2n) is 7.62. The Morgan fingerprint density at radius 3 is 2.71 bits per heavy atom. The van der Waals surface area contributed by atoms with Crippen LogP contribution in [0.1, 0.15) is 24.5 Å². The number of benzene rings is 2. The number of ether oxygens (including phenoxy) is 2. The first-order chi connectivity index (χ1) is 16.4. The number of nitro groups is 1. The summed E-state index contributed by atoms with van der Waals surface area (Å²) >= 11 is 0. The van der Waals surface area contributed by atoms with Crippen LogP contribution in [-0.4, -0.2) is 28.5 Å². The predicted octanol–water partition coefficient (Wildman–Crippen LogP) is 4.83. The van der Waals surface area contributed by atoms with Gasteiger partial charge < -0.3 is 14.8 Å². The zero-order valence-corrected chi connectivity index (χ0v) is 18.4. The van der Waals surface area contributed by atoms with Gasteiger partial charge in [0.2, 0.25) is 5.91 Å². The Hall–Kier alpha value is -4.47. The lowest BCUT2D eigenvalue weighted by Gasteiger charge is -2.29. The van der Waals surface area contributed by atoms with E-state index in [4.69, 9.17) is 9.47 Å². The molecule has 2 heterocycles. The average Bonchev–Trinajstić information content (AvgIpc) is 2.82. The normalized spacial score (nSPS) is 12.4. The van der Waals surface area contributed by atoms with E-state index in [0.717, 1.165) is 5.56 Å². The lowest BCUT2D eigenvalue weighted by molar-refractivity contribution is -0.384. The van der Waals surface area contributed by atoms with Gasteiger partial charge in [0.15, 0.2) is 0 Å². The highest BCUT2D eigenvalue weighted by Gasteiger charge is 2.33. The number of nitro benzene ring substituents is 1. The Bertz CT molecular complexity index is 1230. The first-order valence-electron chi connectivity index (χ1n) is 10.6. The van der Waals surface area contributed by atoms with Crippen LogP contribution in [0.2, 0.25) is 0 Å². The molecule has 1 aromatic heterocycles. The number of hydrogen-bond acceptors (Lipinski definition) is 7. The fraction of sp³-hybridized carbons (Fsp3) is 0.208. The molecule has 0 aliphatic carbocycles. The van der Waals surface area contributed by atoms with Crippen molar-refractivity contribution in [1.29, 1.82) is 0 Å². The molecule has 2 aromatic carbocycles. The molecule has 3 aromatic rings. The minimum Gasteiger partial charge on any atom is -0.457 e. The third-order valence-electron chi connectivity index (χ3n) is 5.18. The second-order valence-corrected chi connectivity index (χ2v) is 7.62. The maximum Gasteiger partial charge on any atom is 0.414 e. The van der Waals surface area contributed by atoms with E-state index >= 15 is 0 Å². The number of nitrogens with one attached hydrogen (secondary N) is 1. The van der Waals surface area contributed by atoms with Crippen LogP contribution in [0.3, 0.4) is 0 Å². The zero-order chi connectivity index (χ0) is 24.1. The lowest BCUT2D eigenvalue weighted by Crippen LogP contribution is -2.36. The van der Waals surface area contributed by atoms with Crippen LogP contribution in [0, 0.1) is 10.1 Å². The van der Waals surface area contributed by atoms with Crippen LogP contribution in [0.25, 0.3) is 0 Å². The van der Waals surface area contributed by atoms with E-state index in [1.165, 1.54) is 30.2 Å². The molecule has 0 saturated carbocycles. The molecular formula is C24H22N4O6. The van der Waals surface area contributed by atoms with Crippen LogP contribution in [0.5, 0.6) is 11.5 Å². The summed E-state index contributed by atoms with van der Waals surface area (Å²) in [5, 5.41) is 14.4. The number of hydrogen-bond donors (Lipinski definition) is 1. The summed E-state index contributed by atoms with van der Waals surface area (Å²) in [5.41, 5.74) is 1.32. The maximum atomic E-state index is 12.9. The van der Waals surface area contributed by atoms with Crippen LogP contribution >= 0.6 is 0 Å². The van der Waals surface area contributed by atoms with E-state index in [1.54, 1.807) is 12.1 Å². The molecule has 1 N–H and O–H groups in total. The summed E-state index contributed by atoms with van der Waals surface area (Å²) in [5.74, 6) is 0.800. The van der Waals surface area contributed by atoms with E-state index < -0.39 is 11.0 Å². The van der Waals surface area contributed by atoms with Gasteiger partial charge in [0, 0.05) is 37.4 Å². The van der Waals surface area contributed by atoms with Crippen molar-refractivity contribution in [3.63, 3.8) is 0 Å². The Morgan fingerprint density at radius 2 is 1.97 bits per heavy atom. The highest BCUT2D eigenvalue weighted by atomic mass is 16.6. The molecule has 10 heteroatoms. The van der Waals surface area contributed by atoms with Gasteiger partial charge in [-0.15, -0.1) is 0 Å². The van der Waals surface area contributed by atoms with Crippen LogP contribution in [-0.2, 0) is 22.6 Å². The summed E-state index contributed by atoms with van der Waals surface area (Å²) in [7, 11) is 0. The topological polar surface area (TPSA) is 124 Å². The molecule has 1 aliphatic rings. The van der Waals surface area contributed by atoms with Gasteiger partial charge in [-0.3, -0.25) is 19.8 Å². The largest absolute Gasteiger partial charge is 0.457 e. The van der Waals surface area contributed by atoms with E-state index in [1.807, 2.05) is 30.3 Å². The van der Waals surface area contributed by atoms with E-state index in [0.29, 0.717) is 35.7 Å². The van der Waals surface area contributed by atoms with E-state index in [2.05, 4.69) is 10.3 Å². The molecule has 0 bridgehead atoms. The smallest absolute Gasteiger partial charge is 0.414 e. The molecule has 4 rings (SSSR count). The van der Waals surface area contributed by atoms with E-state index in [-0.39, 0.29) is 30.4 Å². The Kier molecular flexibility index (Phi) is 6.67. The van der Waals surface area contributed by atoms with Gasteiger partial charge in [-0.05, 0) is 30.5 Å². The molecular weight excluding hydrogens is 440 g/mol. The molecule has 1 aliphatic heterocycles. The number of carbonyl (C=O) groups excluding carboxylic acids is 2. The first-order valence-corrected chi connectivity index (χ1v) is 10.6. The molecule has 34 heavy (non-hydrogen) atoms. The number of amides is 2. The predicted molar refractivity (Wildman–Crippen MR) is 124 cm³/mol. The summed E-state index contributed by atoms with van der Waals surface area (Å²) in [4.78, 5) is 40.8. The second kappa shape index (κ2) is 9.99. The fourth-order valence-electron chi connectivity index (χ4n) is 3.75. The van der Waals surface area contributed by atoms with Gasteiger partial charge in [0.05, 0.1) is 4.92 Å². The number of anilines is 2. The first kappa shape index (κ1) is 22.7. The number of aromatic nitrogens is 1. The molecule has 0 radical (unpaired) electrons. The zero-order valence-electron chi connectivity index (χ0n) is 18.4. The monoisotopic (exact) mass is 462 g/mol. The molecule has 0 unspecified atom stereocenters. The van der Waals surface area contributed by atoms with Gasteiger partial charge in [-0.2, -0.15) is 0 Å². The van der Waals surface area contributed by atoms with Gasteiger partial charge in [0.25, 0.3) is 5.69 Å². The number of rotatable bonds is 6. The molecule has 174 valence electrons. The van der Waals surface area contributed by atoms with Crippen molar-refractivity contribution < 1.29 is 24.0 Å². The minimum atomic E-state index is -0.665. The summed E-state index contributed by atoms with van der Waals surface area (Å²) < 4.78 is 11.4. The number of carbonyl (C=O) groups is 2. The number of pyridine rings is 1. The molecule has 10 nitrogen and oxygen atoms in total. The molecule has 0 fully saturated rings.